The van der Waals surface area contributed by atoms with E-state index in [1.807, 2.05) is 37.3 Å². The van der Waals surface area contributed by atoms with Crippen molar-refractivity contribution in [2.24, 2.45) is 5.73 Å². The second kappa shape index (κ2) is 7.47. The van der Waals surface area contributed by atoms with Crippen LogP contribution in [0.1, 0.15) is 13.3 Å². The first-order valence-corrected chi connectivity index (χ1v) is 7.10. The third-order valence-electron chi connectivity index (χ3n) is 3.16. The van der Waals surface area contributed by atoms with Gasteiger partial charge in [-0.1, -0.05) is 19.1 Å². The van der Waals surface area contributed by atoms with Crippen LogP contribution in [0, 0.1) is 0 Å². The molecule has 2 aromatic rings. The SMILES string of the molecule is CCC(N)C(=O)Nc1cccc(Oc2cccc(OC)c2)c1. The van der Waals surface area contributed by atoms with E-state index in [-0.39, 0.29) is 5.91 Å². The Morgan fingerprint density at radius 2 is 1.77 bits per heavy atom. The van der Waals surface area contributed by atoms with Gasteiger partial charge in [0, 0.05) is 17.8 Å². The van der Waals surface area contributed by atoms with E-state index >= 15 is 0 Å². The standard InChI is InChI=1S/C17H20N2O3/c1-3-16(18)17(20)19-12-6-4-8-14(10-12)22-15-9-5-7-13(11-15)21-2/h4-11,16H,3,18H2,1-2H3,(H,19,20). The lowest BCUT2D eigenvalue weighted by Crippen LogP contribution is -2.34. The van der Waals surface area contributed by atoms with Gasteiger partial charge in [-0.15, -0.1) is 0 Å². The third-order valence-corrected chi connectivity index (χ3v) is 3.16. The average molecular weight is 300 g/mol. The maximum Gasteiger partial charge on any atom is 0.241 e. The van der Waals surface area contributed by atoms with Crippen LogP contribution >= 0.6 is 0 Å². The van der Waals surface area contributed by atoms with Crippen molar-refractivity contribution in [3.8, 4) is 17.2 Å². The Morgan fingerprint density at radius 3 is 2.45 bits per heavy atom. The van der Waals surface area contributed by atoms with Crippen molar-refractivity contribution in [1.29, 1.82) is 0 Å². The quantitative estimate of drug-likeness (QED) is 0.859. The minimum absolute atomic E-state index is 0.207. The number of rotatable bonds is 6. The fourth-order valence-electron chi connectivity index (χ4n) is 1.86. The van der Waals surface area contributed by atoms with E-state index in [4.69, 9.17) is 15.2 Å². The van der Waals surface area contributed by atoms with Crippen molar-refractivity contribution in [3.05, 3.63) is 48.5 Å². The largest absolute Gasteiger partial charge is 0.497 e. The number of hydrogen-bond donors (Lipinski definition) is 2. The minimum atomic E-state index is -0.511. The Balaban J connectivity index is 2.09. The van der Waals surface area contributed by atoms with Gasteiger partial charge in [-0.2, -0.15) is 0 Å². The van der Waals surface area contributed by atoms with Crippen LogP contribution in [0.25, 0.3) is 0 Å². The summed E-state index contributed by atoms with van der Waals surface area (Å²) in [6.07, 6.45) is 0.589. The lowest BCUT2D eigenvalue weighted by molar-refractivity contribution is -0.117. The predicted molar refractivity (Wildman–Crippen MR) is 86.4 cm³/mol. The normalized spacial score (nSPS) is 11.6. The summed E-state index contributed by atoms with van der Waals surface area (Å²) in [7, 11) is 1.60. The van der Waals surface area contributed by atoms with E-state index in [1.54, 1.807) is 25.3 Å². The smallest absolute Gasteiger partial charge is 0.241 e. The zero-order valence-corrected chi connectivity index (χ0v) is 12.7. The topological polar surface area (TPSA) is 73.6 Å². The Labute approximate surface area is 130 Å². The molecule has 5 heteroatoms. The van der Waals surface area contributed by atoms with Gasteiger partial charge < -0.3 is 20.5 Å². The van der Waals surface area contributed by atoms with Crippen LogP contribution < -0.4 is 20.5 Å². The predicted octanol–water partition coefficient (Wildman–Crippen LogP) is 3.16. The zero-order valence-electron chi connectivity index (χ0n) is 12.7. The molecule has 0 fully saturated rings. The van der Waals surface area contributed by atoms with Gasteiger partial charge in [-0.25, -0.2) is 0 Å². The number of ether oxygens (including phenoxy) is 2. The van der Waals surface area contributed by atoms with Gasteiger partial charge >= 0.3 is 0 Å². The molecule has 0 saturated carbocycles. The van der Waals surface area contributed by atoms with Crippen LogP contribution in [0.2, 0.25) is 0 Å². The van der Waals surface area contributed by atoms with Crippen LogP contribution in [-0.2, 0) is 4.79 Å². The summed E-state index contributed by atoms with van der Waals surface area (Å²) in [5, 5.41) is 2.77. The van der Waals surface area contributed by atoms with Crippen molar-refractivity contribution in [2.75, 3.05) is 12.4 Å². The molecule has 0 spiro atoms. The summed E-state index contributed by atoms with van der Waals surface area (Å²) in [6, 6.07) is 14.0. The summed E-state index contributed by atoms with van der Waals surface area (Å²) in [4.78, 5) is 11.8. The highest BCUT2D eigenvalue weighted by Gasteiger charge is 2.11. The molecule has 3 N–H and O–H groups in total. The van der Waals surface area contributed by atoms with E-state index in [0.29, 0.717) is 23.6 Å². The molecule has 5 nitrogen and oxygen atoms in total. The van der Waals surface area contributed by atoms with Crippen molar-refractivity contribution in [3.63, 3.8) is 0 Å². The van der Waals surface area contributed by atoms with Gasteiger partial charge in [-0.3, -0.25) is 4.79 Å². The highest BCUT2D eigenvalue weighted by Crippen LogP contribution is 2.26. The fraction of sp³-hybridized carbons (Fsp3) is 0.235. The fourth-order valence-corrected chi connectivity index (χ4v) is 1.86. The molecule has 0 aliphatic rings. The summed E-state index contributed by atoms with van der Waals surface area (Å²) in [5.41, 5.74) is 6.35. The van der Waals surface area contributed by atoms with E-state index in [9.17, 15) is 4.79 Å². The van der Waals surface area contributed by atoms with E-state index in [0.717, 1.165) is 5.75 Å². The van der Waals surface area contributed by atoms with Gasteiger partial charge in [0.05, 0.1) is 13.2 Å². The van der Waals surface area contributed by atoms with E-state index in [1.165, 1.54) is 0 Å². The number of nitrogens with one attached hydrogen (secondary N) is 1. The second-order valence-electron chi connectivity index (χ2n) is 4.81. The molecule has 116 valence electrons. The van der Waals surface area contributed by atoms with Crippen LogP contribution in [0.5, 0.6) is 17.2 Å². The molecule has 0 heterocycles. The molecule has 0 aromatic heterocycles. The summed E-state index contributed by atoms with van der Waals surface area (Å²) < 4.78 is 10.9. The van der Waals surface area contributed by atoms with Gasteiger partial charge in [-0.05, 0) is 30.7 Å². The molecular weight excluding hydrogens is 280 g/mol. The number of carbonyl (C=O) groups is 1. The molecular formula is C17H20N2O3. The van der Waals surface area contributed by atoms with Crippen LogP contribution in [0.15, 0.2) is 48.5 Å². The third kappa shape index (κ3) is 4.23. The van der Waals surface area contributed by atoms with Gasteiger partial charge in [0.15, 0.2) is 0 Å². The minimum Gasteiger partial charge on any atom is -0.497 e. The summed E-state index contributed by atoms with van der Waals surface area (Å²) in [5.74, 6) is 1.79. The van der Waals surface area contributed by atoms with Crippen molar-refractivity contribution in [2.45, 2.75) is 19.4 Å². The Bertz CT molecular complexity index is 643. The Morgan fingerprint density at radius 1 is 1.14 bits per heavy atom. The number of nitrogens with two attached hydrogens (primary N) is 1. The molecule has 1 unspecified atom stereocenters. The average Bonchev–Trinajstić information content (AvgIpc) is 2.54. The molecule has 0 saturated heterocycles. The highest BCUT2D eigenvalue weighted by molar-refractivity contribution is 5.94. The first kappa shape index (κ1) is 15.9. The maximum absolute atomic E-state index is 11.8. The lowest BCUT2D eigenvalue weighted by Gasteiger charge is -2.12. The molecule has 0 aliphatic heterocycles. The van der Waals surface area contributed by atoms with Crippen LogP contribution in [0.3, 0.4) is 0 Å². The number of benzene rings is 2. The Hall–Kier alpha value is -2.53. The summed E-state index contributed by atoms with van der Waals surface area (Å²) >= 11 is 0. The van der Waals surface area contributed by atoms with E-state index in [2.05, 4.69) is 5.32 Å². The number of amides is 1. The number of anilines is 1. The molecule has 22 heavy (non-hydrogen) atoms. The summed E-state index contributed by atoms with van der Waals surface area (Å²) in [6.45, 7) is 1.87. The second-order valence-corrected chi connectivity index (χ2v) is 4.81. The highest BCUT2D eigenvalue weighted by atomic mass is 16.5. The van der Waals surface area contributed by atoms with Crippen LogP contribution in [0.4, 0.5) is 5.69 Å². The Kier molecular flexibility index (Phi) is 5.38. The molecule has 1 amide bonds. The van der Waals surface area contributed by atoms with Crippen molar-refractivity contribution in [1.82, 2.24) is 0 Å². The number of hydrogen-bond acceptors (Lipinski definition) is 4. The first-order valence-electron chi connectivity index (χ1n) is 7.10. The zero-order chi connectivity index (χ0) is 15.9. The van der Waals surface area contributed by atoms with Gasteiger partial charge in [0.2, 0.25) is 5.91 Å². The van der Waals surface area contributed by atoms with E-state index < -0.39 is 6.04 Å². The van der Waals surface area contributed by atoms with Gasteiger partial charge in [0.1, 0.15) is 17.2 Å². The first-order chi connectivity index (χ1) is 10.6. The van der Waals surface area contributed by atoms with Gasteiger partial charge in [0.25, 0.3) is 0 Å². The molecule has 0 bridgehead atoms. The molecule has 2 rings (SSSR count). The molecule has 0 aliphatic carbocycles. The van der Waals surface area contributed by atoms with Crippen LogP contribution in [-0.4, -0.2) is 19.1 Å². The van der Waals surface area contributed by atoms with Crippen molar-refractivity contribution < 1.29 is 14.3 Å². The van der Waals surface area contributed by atoms with Crippen molar-refractivity contribution >= 4 is 11.6 Å². The number of carbonyl (C=O) groups excluding carboxylic acids is 1. The molecule has 1 atom stereocenters. The number of methoxy groups -OCH3 is 1. The molecule has 0 radical (unpaired) electrons. The molecule has 2 aromatic carbocycles. The lowest BCUT2D eigenvalue weighted by atomic mass is 10.2. The maximum atomic E-state index is 11.8. The monoisotopic (exact) mass is 300 g/mol.